The summed E-state index contributed by atoms with van der Waals surface area (Å²) in [6, 6.07) is 10.6. The second-order valence-electron chi connectivity index (χ2n) is 7.26. The molecule has 1 aliphatic rings. The van der Waals surface area contributed by atoms with E-state index in [1.54, 1.807) is 25.1 Å². The van der Waals surface area contributed by atoms with E-state index >= 15 is 0 Å². The van der Waals surface area contributed by atoms with E-state index in [2.05, 4.69) is 4.90 Å². The molecule has 0 amide bonds. The fourth-order valence-electron chi connectivity index (χ4n) is 4.05. The average Bonchev–Trinajstić information content (AvgIpc) is 3.40. The summed E-state index contributed by atoms with van der Waals surface area (Å²) >= 11 is 0. The highest BCUT2D eigenvalue weighted by molar-refractivity contribution is 5.94. The van der Waals surface area contributed by atoms with Crippen molar-refractivity contribution in [1.82, 2.24) is 9.55 Å². The highest BCUT2D eigenvalue weighted by Gasteiger charge is 2.24. The molecule has 0 radical (unpaired) electrons. The van der Waals surface area contributed by atoms with Crippen LogP contribution in [0.1, 0.15) is 37.0 Å². The molecule has 0 N–H and O–H groups in total. The molecule has 0 bridgehead atoms. The Hall–Kier alpha value is -3.42. The highest BCUT2D eigenvalue weighted by Crippen LogP contribution is 2.35. The Bertz CT molecular complexity index is 1120. The van der Waals surface area contributed by atoms with Crippen LogP contribution in [0.25, 0.3) is 22.4 Å². The third-order valence-electron chi connectivity index (χ3n) is 5.45. The number of imidazole rings is 1. The number of hydrogen-bond donors (Lipinski definition) is 0. The van der Waals surface area contributed by atoms with Gasteiger partial charge >= 0.3 is 5.97 Å². The Labute approximate surface area is 174 Å². The summed E-state index contributed by atoms with van der Waals surface area (Å²) in [6.07, 6.45) is 2.10. The van der Waals surface area contributed by atoms with Crippen LogP contribution in [0.5, 0.6) is 0 Å². The zero-order chi connectivity index (χ0) is 21.3. The van der Waals surface area contributed by atoms with E-state index in [4.69, 9.17) is 9.72 Å². The summed E-state index contributed by atoms with van der Waals surface area (Å²) in [5, 5.41) is 11.8. The number of carbonyl (C=O) groups excluding carboxylic acids is 1. The SMILES string of the molecule is CCOC(=O)c1ccc2c(c1)nc(-c1ccc(N3CCCC3)c([N+](=O)[O-])c1)n2CC. The minimum absolute atomic E-state index is 0.0938. The van der Waals surface area contributed by atoms with Crippen molar-refractivity contribution in [3.8, 4) is 11.4 Å². The van der Waals surface area contributed by atoms with Gasteiger partial charge in [0.25, 0.3) is 5.69 Å². The predicted octanol–water partition coefficient (Wildman–Crippen LogP) is 4.41. The standard InChI is InChI=1S/C22H24N4O4/c1-3-25-18-9-8-16(22(27)30-4-2)13-17(18)23-21(25)15-7-10-19(20(14-15)26(28)29)24-11-5-6-12-24/h7-10,13-14H,3-6,11-12H2,1-2H3. The number of ether oxygens (including phenoxy) is 1. The van der Waals surface area contributed by atoms with Crippen molar-refractivity contribution in [3.63, 3.8) is 0 Å². The number of rotatable bonds is 6. The predicted molar refractivity (Wildman–Crippen MR) is 115 cm³/mol. The molecule has 1 aliphatic heterocycles. The van der Waals surface area contributed by atoms with Crippen molar-refractivity contribution in [2.45, 2.75) is 33.2 Å². The Balaban J connectivity index is 1.80. The number of nitro benzene ring substituents is 1. The minimum Gasteiger partial charge on any atom is -0.462 e. The molecule has 0 aliphatic carbocycles. The zero-order valence-corrected chi connectivity index (χ0v) is 17.1. The normalized spacial score (nSPS) is 13.7. The number of esters is 1. The summed E-state index contributed by atoms with van der Waals surface area (Å²) in [5.74, 6) is 0.252. The molecule has 0 unspecified atom stereocenters. The van der Waals surface area contributed by atoms with E-state index in [1.807, 2.05) is 29.7 Å². The molecule has 8 heteroatoms. The largest absolute Gasteiger partial charge is 0.462 e. The lowest BCUT2D eigenvalue weighted by atomic mass is 10.1. The first kappa shape index (κ1) is 19.9. The van der Waals surface area contributed by atoms with Crippen LogP contribution in [0, 0.1) is 10.1 Å². The molecule has 156 valence electrons. The summed E-state index contributed by atoms with van der Waals surface area (Å²) in [4.78, 5) is 30.3. The molecule has 1 saturated heterocycles. The number of aryl methyl sites for hydroxylation is 1. The topological polar surface area (TPSA) is 90.5 Å². The molecule has 30 heavy (non-hydrogen) atoms. The lowest BCUT2D eigenvalue weighted by Crippen LogP contribution is -2.18. The number of hydrogen-bond acceptors (Lipinski definition) is 6. The first-order chi connectivity index (χ1) is 14.5. The highest BCUT2D eigenvalue weighted by atomic mass is 16.6. The van der Waals surface area contributed by atoms with Gasteiger partial charge in [-0.05, 0) is 57.0 Å². The van der Waals surface area contributed by atoms with Crippen molar-refractivity contribution in [2.24, 2.45) is 0 Å². The Morgan fingerprint density at radius 1 is 1.17 bits per heavy atom. The van der Waals surface area contributed by atoms with E-state index in [9.17, 15) is 14.9 Å². The molecule has 0 saturated carbocycles. The lowest BCUT2D eigenvalue weighted by molar-refractivity contribution is -0.384. The maximum Gasteiger partial charge on any atom is 0.338 e. The van der Waals surface area contributed by atoms with Gasteiger partial charge in [0.2, 0.25) is 0 Å². The lowest BCUT2D eigenvalue weighted by Gasteiger charge is -2.18. The Morgan fingerprint density at radius 2 is 1.93 bits per heavy atom. The van der Waals surface area contributed by atoms with Crippen LogP contribution >= 0.6 is 0 Å². The van der Waals surface area contributed by atoms with Crippen LogP contribution in [0.2, 0.25) is 0 Å². The number of fused-ring (bicyclic) bond motifs is 1. The van der Waals surface area contributed by atoms with E-state index in [0.29, 0.717) is 41.3 Å². The van der Waals surface area contributed by atoms with E-state index in [1.165, 1.54) is 0 Å². The van der Waals surface area contributed by atoms with Crippen molar-refractivity contribution < 1.29 is 14.5 Å². The third kappa shape index (κ3) is 3.49. The molecule has 2 heterocycles. The fourth-order valence-corrected chi connectivity index (χ4v) is 4.05. The maximum absolute atomic E-state index is 12.1. The first-order valence-electron chi connectivity index (χ1n) is 10.2. The van der Waals surface area contributed by atoms with Crippen LogP contribution in [-0.4, -0.2) is 40.1 Å². The fraction of sp³-hybridized carbons (Fsp3) is 0.364. The van der Waals surface area contributed by atoms with Gasteiger partial charge in [0, 0.05) is 31.3 Å². The van der Waals surface area contributed by atoms with Gasteiger partial charge in [-0.2, -0.15) is 0 Å². The van der Waals surface area contributed by atoms with Crippen molar-refractivity contribution in [2.75, 3.05) is 24.6 Å². The molecule has 1 aromatic heterocycles. The molecule has 2 aromatic carbocycles. The number of anilines is 1. The number of nitro groups is 1. The third-order valence-corrected chi connectivity index (χ3v) is 5.45. The number of benzene rings is 2. The summed E-state index contributed by atoms with van der Waals surface area (Å²) in [5.41, 5.74) is 3.39. The summed E-state index contributed by atoms with van der Waals surface area (Å²) < 4.78 is 7.07. The number of nitrogens with zero attached hydrogens (tertiary/aromatic N) is 4. The number of aromatic nitrogens is 2. The maximum atomic E-state index is 12.1. The zero-order valence-electron chi connectivity index (χ0n) is 17.1. The van der Waals surface area contributed by atoms with E-state index < -0.39 is 5.97 Å². The minimum atomic E-state index is -0.391. The van der Waals surface area contributed by atoms with Gasteiger partial charge in [0.15, 0.2) is 0 Å². The van der Waals surface area contributed by atoms with Crippen LogP contribution < -0.4 is 4.90 Å². The van der Waals surface area contributed by atoms with Crippen molar-refractivity contribution in [3.05, 3.63) is 52.1 Å². The van der Waals surface area contributed by atoms with Gasteiger partial charge in [-0.1, -0.05) is 0 Å². The molecule has 8 nitrogen and oxygen atoms in total. The molecule has 0 atom stereocenters. The molecule has 4 rings (SSSR count). The van der Waals surface area contributed by atoms with Crippen LogP contribution in [0.3, 0.4) is 0 Å². The quantitative estimate of drug-likeness (QED) is 0.341. The van der Waals surface area contributed by atoms with Gasteiger partial charge in [0.1, 0.15) is 11.5 Å². The molecule has 3 aromatic rings. The monoisotopic (exact) mass is 408 g/mol. The second-order valence-corrected chi connectivity index (χ2v) is 7.26. The number of carbonyl (C=O) groups is 1. The summed E-state index contributed by atoms with van der Waals surface area (Å²) in [6.45, 7) is 6.38. The smallest absolute Gasteiger partial charge is 0.338 e. The van der Waals surface area contributed by atoms with Crippen molar-refractivity contribution in [1.29, 1.82) is 0 Å². The van der Waals surface area contributed by atoms with Crippen LogP contribution in [0.15, 0.2) is 36.4 Å². The Morgan fingerprint density at radius 3 is 2.60 bits per heavy atom. The van der Waals surface area contributed by atoms with Gasteiger partial charge in [-0.15, -0.1) is 0 Å². The van der Waals surface area contributed by atoms with Gasteiger partial charge in [-0.3, -0.25) is 10.1 Å². The van der Waals surface area contributed by atoms with E-state index in [-0.39, 0.29) is 10.6 Å². The van der Waals surface area contributed by atoms with Gasteiger partial charge in [-0.25, -0.2) is 9.78 Å². The van der Waals surface area contributed by atoms with Crippen LogP contribution in [-0.2, 0) is 11.3 Å². The molecule has 1 fully saturated rings. The molecular weight excluding hydrogens is 384 g/mol. The van der Waals surface area contributed by atoms with Gasteiger partial charge < -0.3 is 14.2 Å². The Kier molecular flexibility index (Phi) is 5.39. The van der Waals surface area contributed by atoms with Crippen LogP contribution in [0.4, 0.5) is 11.4 Å². The first-order valence-corrected chi connectivity index (χ1v) is 10.2. The second kappa shape index (κ2) is 8.14. The molecule has 0 spiro atoms. The van der Waals surface area contributed by atoms with Gasteiger partial charge in [0.05, 0.1) is 28.1 Å². The summed E-state index contributed by atoms with van der Waals surface area (Å²) in [7, 11) is 0. The van der Waals surface area contributed by atoms with E-state index in [0.717, 1.165) is 31.4 Å². The van der Waals surface area contributed by atoms with Crippen molar-refractivity contribution >= 4 is 28.4 Å². The average molecular weight is 408 g/mol. The molecular formula is C22H24N4O4.